The summed E-state index contributed by atoms with van der Waals surface area (Å²) in [5.41, 5.74) is 3.98. The Labute approximate surface area is 149 Å². The molecule has 0 saturated heterocycles. The zero-order chi connectivity index (χ0) is 16.8. The third-order valence-electron chi connectivity index (χ3n) is 4.17. The predicted molar refractivity (Wildman–Crippen MR) is 106 cm³/mol. The Morgan fingerprint density at radius 2 is 1.25 bits per heavy atom. The van der Waals surface area contributed by atoms with Crippen LogP contribution >= 0.6 is 11.8 Å². The van der Waals surface area contributed by atoms with Crippen molar-refractivity contribution in [3.8, 4) is 0 Å². The number of rotatable bonds is 6. The van der Waals surface area contributed by atoms with Crippen molar-refractivity contribution in [3.63, 3.8) is 0 Å². The molecule has 0 saturated carbocycles. The molecule has 3 rings (SSSR count). The first-order valence-corrected chi connectivity index (χ1v) is 9.22. The Bertz CT molecular complexity index is 736. The van der Waals surface area contributed by atoms with E-state index in [1.54, 1.807) is 0 Å². The van der Waals surface area contributed by atoms with Gasteiger partial charge in [0, 0.05) is 36.3 Å². The van der Waals surface area contributed by atoms with Crippen LogP contribution in [0.1, 0.15) is 17.0 Å². The van der Waals surface area contributed by atoms with Gasteiger partial charge in [0.1, 0.15) is 0 Å². The molecule has 1 atom stereocenters. The minimum absolute atomic E-state index is 0.396. The molecule has 0 bridgehead atoms. The Hall–Kier alpha value is -2.19. The van der Waals surface area contributed by atoms with Crippen LogP contribution < -0.4 is 4.90 Å². The number of anilines is 1. The monoisotopic (exact) mass is 333 g/mol. The first-order chi connectivity index (χ1) is 11.7. The molecule has 0 aliphatic heterocycles. The standard InChI is InChI=1S/C22H23NS/c1-23(2)20-15-13-19(14-16-20)22(18-9-5-3-6-10-18)17-24-21-11-7-4-8-12-21/h3-16,22H,17H2,1-2H3/t22-/m0/s1. The lowest BCUT2D eigenvalue weighted by molar-refractivity contribution is 0.935. The van der Waals surface area contributed by atoms with E-state index in [4.69, 9.17) is 0 Å². The van der Waals surface area contributed by atoms with E-state index in [1.807, 2.05) is 11.8 Å². The Morgan fingerprint density at radius 1 is 0.708 bits per heavy atom. The summed E-state index contributed by atoms with van der Waals surface area (Å²) in [6.07, 6.45) is 0. The van der Waals surface area contributed by atoms with E-state index >= 15 is 0 Å². The topological polar surface area (TPSA) is 3.24 Å². The lowest BCUT2D eigenvalue weighted by Gasteiger charge is -2.19. The van der Waals surface area contributed by atoms with Gasteiger partial charge in [-0.25, -0.2) is 0 Å². The van der Waals surface area contributed by atoms with Crippen molar-refractivity contribution >= 4 is 17.4 Å². The second kappa shape index (κ2) is 8.07. The van der Waals surface area contributed by atoms with Crippen LogP contribution in [0, 0.1) is 0 Å². The lowest BCUT2D eigenvalue weighted by Crippen LogP contribution is -2.09. The summed E-state index contributed by atoms with van der Waals surface area (Å²) in [6, 6.07) is 30.4. The molecule has 3 aromatic rings. The molecule has 0 spiro atoms. The van der Waals surface area contributed by atoms with Crippen molar-refractivity contribution in [1.29, 1.82) is 0 Å². The van der Waals surface area contributed by atoms with Gasteiger partial charge in [0.25, 0.3) is 0 Å². The molecule has 0 aliphatic carbocycles. The molecule has 1 nitrogen and oxygen atoms in total. The Balaban J connectivity index is 1.84. The quantitative estimate of drug-likeness (QED) is 0.534. The first kappa shape index (κ1) is 16.7. The van der Waals surface area contributed by atoms with E-state index in [-0.39, 0.29) is 0 Å². The molecule has 24 heavy (non-hydrogen) atoms. The normalized spacial score (nSPS) is 11.9. The summed E-state index contributed by atoms with van der Waals surface area (Å²) in [4.78, 5) is 3.46. The van der Waals surface area contributed by atoms with E-state index in [0.717, 1.165) is 5.75 Å². The molecule has 2 heteroatoms. The maximum absolute atomic E-state index is 2.26. The summed E-state index contributed by atoms with van der Waals surface area (Å²) in [7, 11) is 4.16. The Kier molecular flexibility index (Phi) is 5.60. The fourth-order valence-corrected chi connectivity index (χ4v) is 3.86. The molecule has 0 aliphatic rings. The van der Waals surface area contributed by atoms with Gasteiger partial charge in [0.2, 0.25) is 0 Å². The highest BCUT2D eigenvalue weighted by molar-refractivity contribution is 7.99. The zero-order valence-corrected chi connectivity index (χ0v) is 15.0. The highest BCUT2D eigenvalue weighted by Crippen LogP contribution is 2.32. The van der Waals surface area contributed by atoms with Crippen LogP contribution in [0.15, 0.2) is 89.8 Å². The second-order valence-corrected chi connectivity index (χ2v) is 7.17. The molecule has 0 heterocycles. The van der Waals surface area contributed by atoms with Crippen LogP contribution in [-0.4, -0.2) is 19.8 Å². The van der Waals surface area contributed by atoms with Crippen molar-refractivity contribution in [3.05, 3.63) is 96.1 Å². The summed E-state index contributed by atoms with van der Waals surface area (Å²) < 4.78 is 0. The molecule has 0 N–H and O–H groups in total. The minimum Gasteiger partial charge on any atom is -0.378 e. The third kappa shape index (κ3) is 4.21. The average Bonchev–Trinajstić information content (AvgIpc) is 2.64. The van der Waals surface area contributed by atoms with E-state index in [0.29, 0.717) is 5.92 Å². The number of hydrogen-bond acceptors (Lipinski definition) is 2. The molecule has 0 radical (unpaired) electrons. The molecule has 0 amide bonds. The number of hydrogen-bond donors (Lipinski definition) is 0. The van der Waals surface area contributed by atoms with Crippen molar-refractivity contribution in [2.24, 2.45) is 0 Å². The average molecular weight is 334 g/mol. The van der Waals surface area contributed by atoms with Gasteiger partial charge in [0.05, 0.1) is 0 Å². The van der Waals surface area contributed by atoms with E-state index in [2.05, 4.69) is 104 Å². The van der Waals surface area contributed by atoms with Gasteiger partial charge in [-0.15, -0.1) is 11.8 Å². The van der Waals surface area contributed by atoms with Crippen LogP contribution in [0.25, 0.3) is 0 Å². The van der Waals surface area contributed by atoms with E-state index in [9.17, 15) is 0 Å². The molecule has 0 fully saturated rings. The van der Waals surface area contributed by atoms with E-state index < -0.39 is 0 Å². The summed E-state index contributed by atoms with van der Waals surface area (Å²) >= 11 is 1.92. The van der Waals surface area contributed by atoms with Gasteiger partial charge in [0.15, 0.2) is 0 Å². The maximum atomic E-state index is 2.26. The van der Waals surface area contributed by atoms with Crippen molar-refractivity contribution in [2.45, 2.75) is 10.8 Å². The molecular formula is C22H23NS. The van der Waals surface area contributed by atoms with Gasteiger partial charge in [-0.05, 0) is 35.4 Å². The molecule has 122 valence electrons. The van der Waals surface area contributed by atoms with Gasteiger partial charge in [-0.2, -0.15) is 0 Å². The van der Waals surface area contributed by atoms with Crippen LogP contribution in [-0.2, 0) is 0 Å². The second-order valence-electron chi connectivity index (χ2n) is 6.07. The SMILES string of the molecule is CN(C)c1ccc([C@@H](CSc2ccccc2)c2ccccc2)cc1. The number of nitrogens with zero attached hydrogens (tertiary/aromatic N) is 1. The third-order valence-corrected chi connectivity index (χ3v) is 5.28. The van der Waals surface area contributed by atoms with E-state index in [1.165, 1.54) is 21.7 Å². The summed E-state index contributed by atoms with van der Waals surface area (Å²) in [5, 5.41) is 0. The first-order valence-electron chi connectivity index (χ1n) is 8.24. The van der Waals surface area contributed by atoms with Gasteiger partial charge >= 0.3 is 0 Å². The van der Waals surface area contributed by atoms with Crippen LogP contribution in [0.5, 0.6) is 0 Å². The number of thioether (sulfide) groups is 1. The lowest BCUT2D eigenvalue weighted by atomic mass is 9.93. The zero-order valence-electron chi connectivity index (χ0n) is 14.2. The van der Waals surface area contributed by atoms with Gasteiger partial charge < -0.3 is 4.90 Å². The fraction of sp³-hybridized carbons (Fsp3) is 0.182. The molecule has 0 aromatic heterocycles. The van der Waals surface area contributed by atoms with Crippen LogP contribution in [0.3, 0.4) is 0 Å². The van der Waals surface area contributed by atoms with Crippen LogP contribution in [0.4, 0.5) is 5.69 Å². The molecule has 3 aromatic carbocycles. The highest BCUT2D eigenvalue weighted by Gasteiger charge is 2.14. The van der Waals surface area contributed by atoms with Crippen molar-refractivity contribution in [1.82, 2.24) is 0 Å². The Morgan fingerprint density at radius 3 is 1.83 bits per heavy atom. The molecular weight excluding hydrogens is 310 g/mol. The van der Waals surface area contributed by atoms with Crippen LogP contribution in [0.2, 0.25) is 0 Å². The maximum Gasteiger partial charge on any atom is 0.0361 e. The smallest absolute Gasteiger partial charge is 0.0361 e. The highest BCUT2D eigenvalue weighted by atomic mass is 32.2. The largest absolute Gasteiger partial charge is 0.378 e. The summed E-state index contributed by atoms with van der Waals surface area (Å²) in [6.45, 7) is 0. The van der Waals surface area contributed by atoms with Crippen molar-refractivity contribution < 1.29 is 0 Å². The van der Waals surface area contributed by atoms with Gasteiger partial charge in [-0.3, -0.25) is 0 Å². The predicted octanol–water partition coefficient (Wildman–Crippen LogP) is 5.68. The summed E-state index contributed by atoms with van der Waals surface area (Å²) in [5.74, 6) is 1.43. The minimum atomic E-state index is 0.396. The number of benzene rings is 3. The molecule has 0 unspecified atom stereocenters. The van der Waals surface area contributed by atoms with Gasteiger partial charge in [-0.1, -0.05) is 60.7 Å². The van der Waals surface area contributed by atoms with Crippen molar-refractivity contribution in [2.75, 3.05) is 24.7 Å². The fourth-order valence-electron chi connectivity index (χ4n) is 2.77.